The van der Waals surface area contributed by atoms with Crippen molar-refractivity contribution in [2.45, 2.75) is 19.0 Å². The molecule has 0 saturated carbocycles. The van der Waals surface area contributed by atoms with Crippen molar-refractivity contribution in [3.05, 3.63) is 57.6 Å². The Balaban J connectivity index is 1.80. The molecule has 0 aliphatic carbocycles. The molecule has 1 aliphatic rings. The normalized spacial score (nSPS) is 15.0. The van der Waals surface area contributed by atoms with Crippen molar-refractivity contribution in [3.8, 4) is 0 Å². The molecule has 160 valence electrons. The first-order chi connectivity index (χ1) is 14.1. The number of alkyl halides is 3. The first-order valence-corrected chi connectivity index (χ1v) is 9.77. The quantitative estimate of drug-likeness (QED) is 0.621. The summed E-state index contributed by atoms with van der Waals surface area (Å²) in [7, 11) is 0. The third kappa shape index (κ3) is 5.44. The summed E-state index contributed by atoms with van der Waals surface area (Å²) >= 11 is 11.9. The topological polar surface area (TPSA) is 67.4 Å². The van der Waals surface area contributed by atoms with Crippen LogP contribution in [0.15, 0.2) is 36.4 Å². The number of carbonyl (C=O) groups is 2. The Bertz CT molecular complexity index is 961. The minimum Gasteiger partial charge on any atom is -0.381 e. The highest BCUT2D eigenvalue weighted by molar-refractivity contribution is 6.34. The molecule has 2 aromatic rings. The molecule has 0 radical (unpaired) electrons. The highest BCUT2D eigenvalue weighted by Crippen LogP contribution is 2.34. The molecule has 2 N–H and O–H groups in total. The molecule has 0 bridgehead atoms. The van der Waals surface area contributed by atoms with Gasteiger partial charge in [-0.3, -0.25) is 9.59 Å². The first kappa shape index (κ1) is 22.4. The summed E-state index contributed by atoms with van der Waals surface area (Å²) in [5, 5.41) is 5.16. The van der Waals surface area contributed by atoms with Crippen molar-refractivity contribution >= 4 is 46.4 Å². The fourth-order valence-electron chi connectivity index (χ4n) is 2.99. The third-order valence-electron chi connectivity index (χ3n) is 4.62. The van der Waals surface area contributed by atoms with Crippen LogP contribution in [0.1, 0.15) is 28.8 Å². The second-order valence-corrected chi connectivity index (χ2v) is 7.56. The maximum atomic E-state index is 12.8. The largest absolute Gasteiger partial charge is 0.416 e. The van der Waals surface area contributed by atoms with Gasteiger partial charge in [0.25, 0.3) is 5.91 Å². The fourth-order valence-corrected chi connectivity index (χ4v) is 3.39. The smallest absolute Gasteiger partial charge is 0.381 e. The second kappa shape index (κ2) is 9.24. The van der Waals surface area contributed by atoms with E-state index in [2.05, 4.69) is 10.6 Å². The Labute approximate surface area is 180 Å². The highest BCUT2D eigenvalue weighted by atomic mass is 35.5. The van der Waals surface area contributed by atoms with E-state index in [1.165, 1.54) is 18.2 Å². The number of benzene rings is 2. The SMILES string of the molecule is O=C(Nc1ccc(C(F)(F)F)cc1Cl)c1cc(Cl)ccc1NC(=O)C1CCOCC1. The van der Waals surface area contributed by atoms with Crippen molar-refractivity contribution in [1.82, 2.24) is 0 Å². The standard InChI is InChI=1S/C20H17Cl2F3N2O3/c21-13-2-4-16(26-18(28)11-5-7-30-8-6-11)14(10-13)19(29)27-17-3-1-12(9-15(17)22)20(23,24)25/h1-4,9-11H,5-8H2,(H,26,28)(H,27,29). The Morgan fingerprint density at radius 3 is 2.27 bits per heavy atom. The molecule has 0 aromatic heterocycles. The molecule has 2 aromatic carbocycles. The lowest BCUT2D eigenvalue weighted by atomic mass is 9.99. The van der Waals surface area contributed by atoms with Gasteiger partial charge in [0.15, 0.2) is 0 Å². The van der Waals surface area contributed by atoms with Crippen LogP contribution in [0.25, 0.3) is 0 Å². The maximum Gasteiger partial charge on any atom is 0.416 e. The monoisotopic (exact) mass is 460 g/mol. The number of ether oxygens (including phenoxy) is 1. The van der Waals surface area contributed by atoms with Crippen molar-refractivity contribution in [1.29, 1.82) is 0 Å². The number of halogens is 5. The molecule has 1 aliphatic heterocycles. The van der Waals surface area contributed by atoms with Crippen molar-refractivity contribution in [2.75, 3.05) is 23.8 Å². The molecule has 1 saturated heterocycles. The Hall–Kier alpha value is -2.29. The molecule has 30 heavy (non-hydrogen) atoms. The lowest BCUT2D eigenvalue weighted by Gasteiger charge is -2.22. The number of nitrogens with one attached hydrogen (secondary N) is 2. The van der Waals surface area contributed by atoms with Gasteiger partial charge in [-0.25, -0.2) is 0 Å². The van der Waals surface area contributed by atoms with Crippen LogP contribution in [0.2, 0.25) is 10.0 Å². The number of rotatable bonds is 4. The minimum absolute atomic E-state index is 0.00338. The van der Waals surface area contributed by atoms with Gasteiger partial charge in [0.1, 0.15) is 0 Å². The molecule has 5 nitrogen and oxygen atoms in total. The van der Waals surface area contributed by atoms with E-state index in [0.29, 0.717) is 26.1 Å². The van der Waals surface area contributed by atoms with Gasteiger partial charge in [-0.2, -0.15) is 13.2 Å². The van der Waals surface area contributed by atoms with E-state index >= 15 is 0 Å². The predicted octanol–water partition coefficient (Wildman–Crippen LogP) is 5.63. The van der Waals surface area contributed by atoms with Gasteiger partial charge in [-0.15, -0.1) is 0 Å². The molecule has 1 fully saturated rings. The number of anilines is 2. The maximum absolute atomic E-state index is 12.8. The number of carbonyl (C=O) groups excluding carboxylic acids is 2. The van der Waals surface area contributed by atoms with E-state index in [1.807, 2.05) is 0 Å². The molecule has 10 heteroatoms. The average molecular weight is 461 g/mol. The van der Waals surface area contributed by atoms with Crippen LogP contribution in [-0.2, 0) is 15.7 Å². The van der Waals surface area contributed by atoms with E-state index in [4.69, 9.17) is 27.9 Å². The number of hydrogen-bond acceptors (Lipinski definition) is 3. The molecule has 0 atom stereocenters. The van der Waals surface area contributed by atoms with Crippen LogP contribution in [0.3, 0.4) is 0 Å². The Morgan fingerprint density at radius 1 is 0.967 bits per heavy atom. The molecule has 1 heterocycles. The van der Waals surface area contributed by atoms with E-state index in [1.54, 1.807) is 0 Å². The minimum atomic E-state index is -4.55. The Morgan fingerprint density at radius 2 is 1.63 bits per heavy atom. The van der Waals surface area contributed by atoms with E-state index < -0.39 is 17.6 Å². The van der Waals surface area contributed by atoms with Crippen LogP contribution in [-0.4, -0.2) is 25.0 Å². The van der Waals surface area contributed by atoms with Gasteiger partial charge in [0.05, 0.1) is 27.5 Å². The summed E-state index contributed by atoms with van der Waals surface area (Å²) in [6, 6.07) is 6.96. The first-order valence-electron chi connectivity index (χ1n) is 9.01. The molecule has 0 unspecified atom stereocenters. The summed E-state index contributed by atoms with van der Waals surface area (Å²) in [6.45, 7) is 0.969. The molecule has 0 spiro atoms. The highest BCUT2D eigenvalue weighted by Gasteiger charge is 2.31. The van der Waals surface area contributed by atoms with Gasteiger partial charge < -0.3 is 15.4 Å². The van der Waals surface area contributed by atoms with Crippen LogP contribution in [0.5, 0.6) is 0 Å². The zero-order valence-corrected chi connectivity index (χ0v) is 17.0. The van der Waals surface area contributed by atoms with Crippen molar-refractivity contribution in [3.63, 3.8) is 0 Å². The van der Waals surface area contributed by atoms with Crippen molar-refractivity contribution < 1.29 is 27.5 Å². The third-order valence-corrected chi connectivity index (χ3v) is 5.17. The van der Waals surface area contributed by atoms with Gasteiger partial charge in [0, 0.05) is 24.2 Å². The van der Waals surface area contributed by atoms with Crippen LogP contribution < -0.4 is 10.6 Å². The second-order valence-electron chi connectivity index (χ2n) is 6.71. The van der Waals surface area contributed by atoms with Crippen LogP contribution in [0.4, 0.5) is 24.5 Å². The van der Waals surface area contributed by atoms with E-state index in [-0.39, 0.29) is 38.8 Å². The summed E-state index contributed by atoms with van der Waals surface area (Å²) in [4.78, 5) is 25.3. The van der Waals surface area contributed by atoms with E-state index in [0.717, 1.165) is 18.2 Å². The number of hydrogen-bond donors (Lipinski definition) is 2. The van der Waals surface area contributed by atoms with Gasteiger partial charge >= 0.3 is 6.18 Å². The summed E-state index contributed by atoms with van der Waals surface area (Å²) in [6.07, 6.45) is -3.41. The Kier molecular flexibility index (Phi) is 6.90. The van der Waals surface area contributed by atoms with Crippen LogP contribution in [0, 0.1) is 5.92 Å². The predicted molar refractivity (Wildman–Crippen MR) is 108 cm³/mol. The lowest BCUT2D eigenvalue weighted by Crippen LogP contribution is -2.29. The van der Waals surface area contributed by atoms with Gasteiger partial charge in [-0.05, 0) is 49.2 Å². The average Bonchev–Trinajstić information content (AvgIpc) is 2.70. The molecular formula is C20H17Cl2F3N2O3. The van der Waals surface area contributed by atoms with Gasteiger partial charge in [0.2, 0.25) is 5.91 Å². The zero-order chi connectivity index (χ0) is 21.9. The molecule has 2 amide bonds. The molecular weight excluding hydrogens is 444 g/mol. The number of amides is 2. The fraction of sp³-hybridized carbons (Fsp3) is 0.300. The van der Waals surface area contributed by atoms with E-state index in [9.17, 15) is 22.8 Å². The van der Waals surface area contributed by atoms with Crippen LogP contribution >= 0.6 is 23.2 Å². The summed E-state index contributed by atoms with van der Waals surface area (Å²) in [5.74, 6) is -1.17. The van der Waals surface area contributed by atoms with Crippen molar-refractivity contribution in [2.24, 2.45) is 5.92 Å². The molecule has 3 rings (SSSR count). The zero-order valence-electron chi connectivity index (χ0n) is 15.5. The summed E-state index contributed by atoms with van der Waals surface area (Å²) in [5.41, 5.74) is -0.649. The lowest BCUT2D eigenvalue weighted by molar-refractivity contribution is -0.137. The summed E-state index contributed by atoms with van der Waals surface area (Å²) < 4.78 is 43.6. The van der Waals surface area contributed by atoms with Gasteiger partial charge in [-0.1, -0.05) is 23.2 Å².